The molecular formula is C25H37N3O4. The van der Waals surface area contributed by atoms with E-state index >= 15 is 0 Å². The lowest BCUT2D eigenvalue weighted by atomic mass is 9.95. The fraction of sp³-hybridized carbons (Fsp3) is 0.680. The predicted molar refractivity (Wildman–Crippen MR) is 122 cm³/mol. The smallest absolute Gasteiger partial charge is 0.248 e. The van der Waals surface area contributed by atoms with E-state index in [4.69, 9.17) is 9.47 Å². The second-order valence-electron chi connectivity index (χ2n) is 9.26. The van der Waals surface area contributed by atoms with Crippen LogP contribution in [0.3, 0.4) is 0 Å². The maximum Gasteiger partial charge on any atom is 0.248 e. The minimum Gasteiger partial charge on any atom is -0.376 e. The van der Waals surface area contributed by atoms with Crippen molar-refractivity contribution in [2.24, 2.45) is 5.92 Å². The number of carbonyl (C=O) groups is 2. The highest BCUT2D eigenvalue weighted by Gasteiger charge is 2.37. The van der Waals surface area contributed by atoms with E-state index in [0.29, 0.717) is 32.2 Å². The fourth-order valence-corrected chi connectivity index (χ4v) is 5.25. The lowest BCUT2D eigenvalue weighted by molar-refractivity contribution is -0.140. The summed E-state index contributed by atoms with van der Waals surface area (Å²) < 4.78 is 11.3. The number of hydrogen-bond acceptors (Lipinski definition) is 5. The van der Waals surface area contributed by atoms with E-state index < -0.39 is 0 Å². The van der Waals surface area contributed by atoms with E-state index in [1.165, 1.54) is 12.8 Å². The van der Waals surface area contributed by atoms with Gasteiger partial charge in [-0.15, -0.1) is 0 Å². The van der Waals surface area contributed by atoms with Crippen molar-refractivity contribution in [2.75, 3.05) is 45.9 Å². The summed E-state index contributed by atoms with van der Waals surface area (Å²) in [6.45, 7) is 4.73. The number of carbonyl (C=O) groups excluding carboxylic acids is 2. The summed E-state index contributed by atoms with van der Waals surface area (Å²) >= 11 is 0. The number of piperazine rings is 1. The van der Waals surface area contributed by atoms with Crippen LogP contribution in [0.2, 0.25) is 0 Å². The van der Waals surface area contributed by atoms with Crippen LogP contribution in [0, 0.1) is 5.92 Å². The Morgan fingerprint density at radius 1 is 1.03 bits per heavy atom. The molecule has 2 heterocycles. The molecule has 2 aliphatic heterocycles. The van der Waals surface area contributed by atoms with Crippen molar-refractivity contribution < 1.29 is 19.1 Å². The molecule has 0 aromatic heterocycles. The molecule has 1 aromatic carbocycles. The molecule has 7 nitrogen and oxygen atoms in total. The molecule has 1 saturated carbocycles. The minimum absolute atomic E-state index is 0.0285. The molecule has 2 saturated heterocycles. The molecule has 4 rings (SSSR count). The van der Waals surface area contributed by atoms with Crippen LogP contribution in [-0.4, -0.2) is 79.7 Å². The maximum atomic E-state index is 13.2. The number of nitrogens with zero attached hydrogens (tertiary/aromatic N) is 2. The summed E-state index contributed by atoms with van der Waals surface area (Å²) in [7, 11) is 0. The van der Waals surface area contributed by atoms with Crippen molar-refractivity contribution >= 4 is 11.8 Å². The topological polar surface area (TPSA) is 71.1 Å². The van der Waals surface area contributed by atoms with Crippen LogP contribution in [0.5, 0.6) is 0 Å². The predicted octanol–water partition coefficient (Wildman–Crippen LogP) is 2.20. The Labute approximate surface area is 191 Å². The van der Waals surface area contributed by atoms with Crippen LogP contribution in [0.4, 0.5) is 0 Å². The SMILES string of the molecule is O=C(NCC1CCCO1)C(C1CCCC1)N1CCN(C(=O)COCc2ccccc2)CC1. The van der Waals surface area contributed by atoms with Gasteiger partial charge in [-0.1, -0.05) is 43.2 Å². The largest absolute Gasteiger partial charge is 0.376 e. The van der Waals surface area contributed by atoms with E-state index in [9.17, 15) is 9.59 Å². The summed E-state index contributed by atoms with van der Waals surface area (Å²) in [5, 5.41) is 3.17. The van der Waals surface area contributed by atoms with Gasteiger partial charge < -0.3 is 19.7 Å². The summed E-state index contributed by atoms with van der Waals surface area (Å²) in [4.78, 5) is 29.9. The molecule has 1 aromatic rings. The number of nitrogens with one attached hydrogen (secondary N) is 1. The van der Waals surface area contributed by atoms with Gasteiger partial charge in [0.05, 0.1) is 18.8 Å². The van der Waals surface area contributed by atoms with Gasteiger partial charge in [-0.25, -0.2) is 0 Å². The van der Waals surface area contributed by atoms with Gasteiger partial charge in [0.15, 0.2) is 0 Å². The fourth-order valence-electron chi connectivity index (χ4n) is 5.25. The van der Waals surface area contributed by atoms with Gasteiger partial charge in [0.25, 0.3) is 0 Å². The molecule has 0 bridgehead atoms. The Hall–Kier alpha value is -1.96. The van der Waals surface area contributed by atoms with Crippen molar-refractivity contribution in [3.8, 4) is 0 Å². The zero-order valence-corrected chi connectivity index (χ0v) is 19.0. The molecule has 2 amide bonds. The van der Waals surface area contributed by atoms with Crippen molar-refractivity contribution in [2.45, 2.75) is 57.3 Å². The van der Waals surface area contributed by atoms with E-state index in [1.807, 2.05) is 35.2 Å². The van der Waals surface area contributed by atoms with Gasteiger partial charge in [0.2, 0.25) is 11.8 Å². The number of ether oxygens (including phenoxy) is 2. The van der Waals surface area contributed by atoms with Crippen LogP contribution in [-0.2, 0) is 25.7 Å². The molecule has 1 N–H and O–H groups in total. The zero-order valence-electron chi connectivity index (χ0n) is 19.0. The lowest BCUT2D eigenvalue weighted by Gasteiger charge is -2.40. The average Bonchev–Trinajstić information content (AvgIpc) is 3.54. The van der Waals surface area contributed by atoms with Gasteiger partial charge in [0.1, 0.15) is 6.61 Å². The maximum absolute atomic E-state index is 13.2. The molecule has 3 fully saturated rings. The number of amides is 2. The first kappa shape index (κ1) is 23.2. The number of benzene rings is 1. The molecule has 0 spiro atoms. The van der Waals surface area contributed by atoms with Crippen molar-refractivity contribution in [3.63, 3.8) is 0 Å². The second kappa shape index (κ2) is 11.8. The van der Waals surface area contributed by atoms with Gasteiger partial charge in [0, 0.05) is 39.3 Å². The molecule has 3 aliphatic rings. The molecule has 1 aliphatic carbocycles. The Bertz CT molecular complexity index is 724. The standard InChI is InChI=1S/C25H37N3O4/c29-23(19-31-18-20-7-2-1-3-8-20)27-12-14-28(15-13-27)24(21-9-4-5-10-21)25(30)26-17-22-11-6-16-32-22/h1-3,7-8,21-22,24H,4-6,9-19H2,(H,26,30). The van der Waals surface area contributed by atoms with Crippen LogP contribution in [0.15, 0.2) is 30.3 Å². The molecule has 2 atom stereocenters. The lowest BCUT2D eigenvalue weighted by Crippen LogP contribution is -2.58. The van der Waals surface area contributed by atoms with Crippen molar-refractivity contribution in [3.05, 3.63) is 35.9 Å². The van der Waals surface area contributed by atoms with E-state index in [1.54, 1.807) is 0 Å². The molecule has 0 radical (unpaired) electrons. The first-order chi connectivity index (χ1) is 15.7. The van der Waals surface area contributed by atoms with Crippen LogP contribution in [0.1, 0.15) is 44.1 Å². The van der Waals surface area contributed by atoms with Crippen LogP contribution in [0.25, 0.3) is 0 Å². The van der Waals surface area contributed by atoms with Gasteiger partial charge in [-0.2, -0.15) is 0 Å². The Balaban J connectivity index is 1.24. The zero-order chi connectivity index (χ0) is 22.2. The van der Waals surface area contributed by atoms with Crippen molar-refractivity contribution in [1.29, 1.82) is 0 Å². The van der Waals surface area contributed by atoms with Gasteiger partial charge >= 0.3 is 0 Å². The van der Waals surface area contributed by atoms with Gasteiger partial charge in [-0.3, -0.25) is 14.5 Å². The average molecular weight is 444 g/mol. The first-order valence-electron chi connectivity index (χ1n) is 12.2. The third-order valence-corrected chi connectivity index (χ3v) is 7.04. The Morgan fingerprint density at radius 3 is 2.47 bits per heavy atom. The summed E-state index contributed by atoms with van der Waals surface area (Å²) in [5.74, 6) is 0.579. The normalized spacial score (nSPS) is 23.4. The Kier molecular flexibility index (Phi) is 8.54. The summed E-state index contributed by atoms with van der Waals surface area (Å²) in [6.07, 6.45) is 6.91. The van der Waals surface area contributed by atoms with Crippen molar-refractivity contribution in [1.82, 2.24) is 15.1 Å². The Morgan fingerprint density at radius 2 is 1.78 bits per heavy atom. The highest BCUT2D eigenvalue weighted by atomic mass is 16.5. The van der Waals surface area contributed by atoms with Crippen LogP contribution < -0.4 is 5.32 Å². The third-order valence-electron chi connectivity index (χ3n) is 7.04. The van der Waals surface area contributed by atoms with E-state index in [2.05, 4.69) is 10.2 Å². The molecular weight excluding hydrogens is 406 g/mol. The quantitative estimate of drug-likeness (QED) is 0.634. The number of rotatable bonds is 9. The van der Waals surface area contributed by atoms with E-state index in [-0.39, 0.29) is 30.6 Å². The molecule has 7 heteroatoms. The highest BCUT2D eigenvalue weighted by molar-refractivity contribution is 5.82. The van der Waals surface area contributed by atoms with Crippen LogP contribution >= 0.6 is 0 Å². The monoisotopic (exact) mass is 443 g/mol. The van der Waals surface area contributed by atoms with E-state index in [0.717, 1.165) is 50.9 Å². The minimum atomic E-state index is -0.0921. The third kappa shape index (κ3) is 6.30. The molecule has 176 valence electrons. The summed E-state index contributed by atoms with van der Waals surface area (Å²) in [6, 6.07) is 9.81. The molecule has 32 heavy (non-hydrogen) atoms. The molecule has 2 unspecified atom stereocenters. The highest BCUT2D eigenvalue weighted by Crippen LogP contribution is 2.31. The first-order valence-corrected chi connectivity index (χ1v) is 12.2. The number of hydrogen-bond donors (Lipinski definition) is 1. The van der Waals surface area contributed by atoms with Gasteiger partial charge in [-0.05, 0) is 37.2 Å². The second-order valence-corrected chi connectivity index (χ2v) is 9.26. The summed E-state index contributed by atoms with van der Waals surface area (Å²) in [5.41, 5.74) is 1.07.